The quantitative estimate of drug-likeness (QED) is 0.740. The Morgan fingerprint density at radius 1 is 1.39 bits per heavy atom. The molecule has 1 aliphatic heterocycles. The van der Waals surface area contributed by atoms with E-state index in [2.05, 4.69) is 11.5 Å². The van der Waals surface area contributed by atoms with Crippen molar-refractivity contribution in [2.75, 3.05) is 19.6 Å². The van der Waals surface area contributed by atoms with E-state index in [-0.39, 0.29) is 11.7 Å². The van der Waals surface area contributed by atoms with Gasteiger partial charge in [0.2, 0.25) is 0 Å². The number of nitrogens with zero attached hydrogens (tertiary/aromatic N) is 1. The summed E-state index contributed by atoms with van der Waals surface area (Å²) in [5.74, 6) is 0.293. The minimum Gasteiger partial charge on any atom is -0.303 e. The molecule has 0 radical (unpaired) electrons. The Balaban J connectivity index is 2.07. The first-order chi connectivity index (χ1) is 8.72. The zero-order valence-electron chi connectivity index (χ0n) is 11.1. The first kappa shape index (κ1) is 13.0. The molecule has 96 valence electrons. The second-order valence-electron chi connectivity index (χ2n) is 5.06. The molecule has 2 heteroatoms. The number of benzene rings is 1. The molecule has 1 heterocycles. The number of ketones is 1. The van der Waals surface area contributed by atoms with Gasteiger partial charge in [-0.15, -0.1) is 0 Å². The summed E-state index contributed by atoms with van der Waals surface area (Å²) in [5, 5.41) is 0. The van der Waals surface area contributed by atoms with Crippen LogP contribution in [-0.2, 0) is 0 Å². The van der Waals surface area contributed by atoms with Crippen LogP contribution in [0.25, 0.3) is 6.08 Å². The number of carbonyl (C=O) groups is 1. The lowest BCUT2D eigenvalue weighted by molar-refractivity contribution is 0.0902. The van der Waals surface area contributed by atoms with Crippen LogP contribution in [0.5, 0.6) is 0 Å². The van der Waals surface area contributed by atoms with Gasteiger partial charge in [-0.3, -0.25) is 4.79 Å². The minimum atomic E-state index is 0.0594. The van der Waals surface area contributed by atoms with E-state index >= 15 is 0 Å². The van der Waals surface area contributed by atoms with Gasteiger partial charge in [-0.2, -0.15) is 0 Å². The van der Waals surface area contributed by atoms with Crippen molar-refractivity contribution in [2.24, 2.45) is 5.92 Å². The second-order valence-corrected chi connectivity index (χ2v) is 5.06. The molecule has 1 aromatic rings. The predicted octanol–water partition coefficient (Wildman–Crippen LogP) is 3.24. The van der Waals surface area contributed by atoms with E-state index in [0.717, 1.165) is 30.8 Å². The Morgan fingerprint density at radius 2 is 2.06 bits per heavy atom. The van der Waals surface area contributed by atoms with Gasteiger partial charge in [-0.25, -0.2) is 0 Å². The van der Waals surface area contributed by atoms with Crippen molar-refractivity contribution in [2.45, 2.75) is 19.8 Å². The third-order valence-electron chi connectivity index (χ3n) is 3.62. The van der Waals surface area contributed by atoms with Gasteiger partial charge >= 0.3 is 0 Å². The molecule has 1 fully saturated rings. The first-order valence-electron chi connectivity index (χ1n) is 6.70. The molecule has 1 saturated heterocycles. The zero-order valence-corrected chi connectivity index (χ0v) is 11.1. The summed E-state index contributed by atoms with van der Waals surface area (Å²) in [5.41, 5.74) is 1.75. The standard InChI is InChI=1S/C16H21NO/c1-3-14-8-4-5-9-15(14)16(18)13(2)12-17-10-6-7-11-17/h3-5,8-9,13H,1,6-7,10-12H2,2H3. The van der Waals surface area contributed by atoms with Gasteiger partial charge in [0.05, 0.1) is 0 Å². The summed E-state index contributed by atoms with van der Waals surface area (Å²) in [6.45, 7) is 8.96. The van der Waals surface area contributed by atoms with E-state index in [1.54, 1.807) is 6.08 Å². The van der Waals surface area contributed by atoms with Crippen LogP contribution in [0.4, 0.5) is 0 Å². The molecule has 2 rings (SSSR count). The highest BCUT2D eigenvalue weighted by molar-refractivity contribution is 6.00. The van der Waals surface area contributed by atoms with Crippen molar-refractivity contribution in [1.82, 2.24) is 4.90 Å². The molecule has 1 aliphatic rings. The summed E-state index contributed by atoms with van der Waals surface area (Å²) < 4.78 is 0. The van der Waals surface area contributed by atoms with E-state index in [4.69, 9.17) is 0 Å². The Bertz CT molecular complexity index is 432. The molecular weight excluding hydrogens is 222 g/mol. The van der Waals surface area contributed by atoms with Gasteiger partial charge < -0.3 is 4.90 Å². The van der Waals surface area contributed by atoms with Gasteiger partial charge in [0.1, 0.15) is 0 Å². The molecular formula is C16H21NO. The summed E-state index contributed by atoms with van der Waals surface area (Å²) in [6.07, 6.45) is 4.30. The van der Waals surface area contributed by atoms with E-state index in [9.17, 15) is 4.79 Å². The Kier molecular flexibility index (Phi) is 4.32. The largest absolute Gasteiger partial charge is 0.303 e. The summed E-state index contributed by atoms with van der Waals surface area (Å²) in [4.78, 5) is 14.8. The molecule has 0 N–H and O–H groups in total. The number of carbonyl (C=O) groups excluding carboxylic acids is 1. The van der Waals surface area contributed by atoms with Crippen LogP contribution in [-0.4, -0.2) is 30.3 Å². The molecule has 2 nitrogen and oxygen atoms in total. The number of hydrogen-bond donors (Lipinski definition) is 0. The van der Waals surface area contributed by atoms with E-state index in [1.165, 1.54) is 12.8 Å². The molecule has 1 unspecified atom stereocenters. The third kappa shape index (κ3) is 2.88. The monoisotopic (exact) mass is 243 g/mol. The van der Waals surface area contributed by atoms with Gasteiger partial charge in [0.15, 0.2) is 5.78 Å². The van der Waals surface area contributed by atoms with Gasteiger partial charge in [-0.05, 0) is 31.5 Å². The van der Waals surface area contributed by atoms with Crippen molar-refractivity contribution >= 4 is 11.9 Å². The average Bonchev–Trinajstić information content (AvgIpc) is 2.90. The third-order valence-corrected chi connectivity index (χ3v) is 3.62. The Morgan fingerprint density at radius 3 is 2.72 bits per heavy atom. The summed E-state index contributed by atoms with van der Waals surface area (Å²) in [6, 6.07) is 7.71. The van der Waals surface area contributed by atoms with Crippen molar-refractivity contribution in [1.29, 1.82) is 0 Å². The molecule has 0 saturated carbocycles. The molecule has 1 aromatic carbocycles. The van der Waals surface area contributed by atoms with Crippen LogP contribution in [0, 0.1) is 5.92 Å². The SMILES string of the molecule is C=Cc1ccccc1C(=O)C(C)CN1CCCC1. The highest BCUT2D eigenvalue weighted by atomic mass is 16.1. The zero-order chi connectivity index (χ0) is 13.0. The van der Waals surface area contributed by atoms with Crippen molar-refractivity contribution < 1.29 is 4.79 Å². The molecule has 0 spiro atoms. The van der Waals surface area contributed by atoms with Crippen molar-refractivity contribution in [3.63, 3.8) is 0 Å². The van der Waals surface area contributed by atoms with Gasteiger partial charge in [0, 0.05) is 18.0 Å². The summed E-state index contributed by atoms with van der Waals surface area (Å²) in [7, 11) is 0. The lowest BCUT2D eigenvalue weighted by Crippen LogP contribution is -2.29. The van der Waals surface area contributed by atoms with Crippen LogP contribution in [0.15, 0.2) is 30.8 Å². The minimum absolute atomic E-state index is 0.0594. The van der Waals surface area contributed by atoms with Crippen LogP contribution >= 0.6 is 0 Å². The lowest BCUT2D eigenvalue weighted by atomic mass is 9.95. The summed E-state index contributed by atoms with van der Waals surface area (Å²) >= 11 is 0. The lowest BCUT2D eigenvalue weighted by Gasteiger charge is -2.19. The molecule has 1 atom stereocenters. The highest BCUT2D eigenvalue weighted by Gasteiger charge is 2.21. The predicted molar refractivity (Wildman–Crippen MR) is 75.7 cm³/mol. The Hall–Kier alpha value is -1.41. The molecule has 0 bridgehead atoms. The van der Waals surface area contributed by atoms with Crippen molar-refractivity contribution in [3.8, 4) is 0 Å². The van der Waals surface area contributed by atoms with Crippen LogP contribution < -0.4 is 0 Å². The maximum Gasteiger partial charge on any atom is 0.167 e. The molecule has 0 aliphatic carbocycles. The highest BCUT2D eigenvalue weighted by Crippen LogP contribution is 2.17. The number of rotatable bonds is 5. The normalized spacial score (nSPS) is 17.6. The number of Topliss-reactive ketones (excluding diaryl/α,β-unsaturated/α-hetero) is 1. The Labute approximate surface area is 109 Å². The molecule has 18 heavy (non-hydrogen) atoms. The van der Waals surface area contributed by atoms with Crippen LogP contribution in [0.3, 0.4) is 0 Å². The maximum absolute atomic E-state index is 12.4. The maximum atomic E-state index is 12.4. The fourth-order valence-electron chi connectivity index (χ4n) is 2.60. The molecule has 0 aromatic heterocycles. The fraction of sp³-hybridized carbons (Fsp3) is 0.438. The first-order valence-corrected chi connectivity index (χ1v) is 6.70. The smallest absolute Gasteiger partial charge is 0.167 e. The van der Waals surface area contributed by atoms with Crippen molar-refractivity contribution in [3.05, 3.63) is 42.0 Å². The van der Waals surface area contributed by atoms with Gasteiger partial charge in [0.25, 0.3) is 0 Å². The number of hydrogen-bond acceptors (Lipinski definition) is 2. The second kappa shape index (κ2) is 5.96. The molecule has 0 amide bonds. The number of likely N-dealkylation sites (tertiary alicyclic amines) is 1. The van der Waals surface area contributed by atoms with E-state index in [0.29, 0.717) is 0 Å². The van der Waals surface area contributed by atoms with Gasteiger partial charge in [-0.1, -0.05) is 43.8 Å². The topological polar surface area (TPSA) is 20.3 Å². The van der Waals surface area contributed by atoms with Crippen LogP contribution in [0.2, 0.25) is 0 Å². The average molecular weight is 243 g/mol. The van der Waals surface area contributed by atoms with E-state index < -0.39 is 0 Å². The van der Waals surface area contributed by atoms with Crippen LogP contribution in [0.1, 0.15) is 35.7 Å². The van der Waals surface area contributed by atoms with E-state index in [1.807, 2.05) is 31.2 Å². The fourth-order valence-corrected chi connectivity index (χ4v) is 2.60.